The predicted octanol–water partition coefficient (Wildman–Crippen LogP) is 2.22. The molecule has 1 nitrogen and oxygen atoms in total. The fraction of sp³-hybridized carbons (Fsp3) is 1.00. The van der Waals surface area contributed by atoms with E-state index in [2.05, 4.69) is 0 Å². The Balaban J connectivity index is 1.95. The SMILES string of the molecule is [SiH3]C1(C2CCCCCC2)CCCCO1. The monoisotopic (exact) mass is 212 g/mol. The van der Waals surface area contributed by atoms with Gasteiger partial charge in [-0.05, 0) is 38.0 Å². The van der Waals surface area contributed by atoms with Gasteiger partial charge >= 0.3 is 0 Å². The lowest BCUT2D eigenvalue weighted by atomic mass is 9.88. The minimum Gasteiger partial charge on any atom is -0.379 e. The van der Waals surface area contributed by atoms with E-state index in [1.807, 2.05) is 0 Å². The van der Waals surface area contributed by atoms with Crippen molar-refractivity contribution in [2.75, 3.05) is 6.61 Å². The average Bonchev–Trinajstić information content (AvgIpc) is 2.47. The molecule has 14 heavy (non-hydrogen) atoms. The van der Waals surface area contributed by atoms with E-state index in [4.69, 9.17) is 4.74 Å². The van der Waals surface area contributed by atoms with Gasteiger partial charge in [-0.15, -0.1) is 0 Å². The van der Waals surface area contributed by atoms with Crippen molar-refractivity contribution in [3.8, 4) is 0 Å². The normalized spacial score (nSPS) is 36.9. The average molecular weight is 212 g/mol. The van der Waals surface area contributed by atoms with Gasteiger partial charge in [-0.1, -0.05) is 25.7 Å². The van der Waals surface area contributed by atoms with Crippen LogP contribution in [-0.2, 0) is 4.74 Å². The highest BCUT2D eigenvalue weighted by Crippen LogP contribution is 2.37. The van der Waals surface area contributed by atoms with E-state index in [1.165, 1.54) is 68.0 Å². The lowest BCUT2D eigenvalue weighted by Crippen LogP contribution is -2.44. The highest BCUT2D eigenvalue weighted by molar-refractivity contribution is 6.14. The second kappa shape index (κ2) is 4.80. The molecule has 1 aliphatic carbocycles. The first-order chi connectivity index (χ1) is 6.81. The van der Waals surface area contributed by atoms with E-state index in [1.54, 1.807) is 0 Å². The second-order valence-electron chi connectivity index (χ2n) is 5.31. The summed E-state index contributed by atoms with van der Waals surface area (Å²) in [5.41, 5.74) is 0. The summed E-state index contributed by atoms with van der Waals surface area (Å²) in [6.45, 7) is 1.04. The summed E-state index contributed by atoms with van der Waals surface area (Å²) < 4.78 is 6.12. The molecular formula is C12H24OSi. The predicted molar refractivity (Wildman–Crippen MR) is 63.7 cm³/mol. The van der Waals surface area contributed by atoms with Crippen molar-refractivity contribution in [2.24, 2.45) is 5.92 Å². The standard InChI is InChI=1S/C12H24OSi/c14-12(9-5-6-10-13-12)11-7-3-1-2-4-8-11/h11H,1-10H2,14H3. The molecule has 2 heteroatoms. The van der Waals surface area contributed by atoms with Crippen molar-refractivity contribution in [3.05, 3.63) is 0 Å². The zero-order chi connectivity index (χ0) is 9.86. The molecule has 1 heterocycles. The smallest absolute Gasteiger partial charge is 0.0513 e. The Morgan fingerprint density at radius 1 is 0.929 bits per heavy atom. The van der Waals surface area contributed by atoms with E-state index in [9.17, 15) is 0 Å². The molecule has 1 saturated carbocycles. The first kappa shape index (κ1) is 10.7. The van der Waals surface area contributed by atoms with Crippen LogP contribution in [0.3, 0.4) is 0 Å². The molecule has 2 fully saturated rings. The van der Waals surface area contributed by atoms with E-state index < -0.39 is 0 Å². The maximum atomic E-state index is 6.12. The van der Waals surface area contributed by atoms with Gasteiger partial charge in [-0.3, -0.25) is 0 Å². The molecule has 2 aliphatic rings. The van der Waals surface area contributed by atoms with Gasteiger partial charge in [0.1, 0.15) is 0 Å². The highest BCUT2D eigenvalue weighted by Gasteiger charge is 2.36. The van der Waals surface area contributed by atoms with Crippen LogP contribution in [0.5, 0.6) is 0 Å². The zero-order valence-electron chi connectivity index (χ0n) is 9.56. The van der Waals surface area contributed by atoms with E-state index in [0.717, 1.165) is 12.5 Å². The van der Waals surface area contributed by atoms with Gasteiger partial charge in [0, 0.05) is 16.8 Å². The molecule has 0 spiro atoms. The molecule has 0 aromatic carbocycles. The van der Waals surface area contributed by atoms with Crippen LogP contribution in [-0.4, -0.2) is 22.1 Å². The molecule has 1 unspecified atom stereocenters. The fourth-order valence-electron chi connectivity index (χ4n) is 3.17. The molecule has 1 aliphatic heterocycles. The van der Waals surface area contributed by atoms with Crippen LogP contribution in [0.25, 0.3) is 0 Å². The third-order valence-corrected chi connectivity index (χ3v) is 5.82. The Hall–Kier alpha value is 0.177. The lowest BCUT2D eigenvalue weighted by Gasteiger charge is -2.40. The van der Waals surface area contributed by atoms with Crippen molar-refractivity contribution >= 4 is 10.2 Å². The largest absolute Gasteiger partial charge is 0.379 e. The van der Waals surface area contributed by atoms with Crippen LogP contribution in [0.1, 0.15) is 57.8 Å². The summed E-state index contributed by atoms with van der Waals surface area (Å²) in [6.07, 6.45) is 12.8. The van der Waals surface area contributed by atoms with Gasteiger partial charge in [0.25, 0.3) is 0 Å². The molecule has 0 bridgehead atoms. The molecule has 0 aromatic rings. The Kier molecular flexibility index (Phi) is 3.66. The molecule has 1 atom stereocenters. The second-order valence-corrected chi connectivity index (χ2v) is 7.00. The van der Waals surface area contributed by atoms with Crippen molar-refractivity contribution < 1.29 is 4.74 Å². The van der Waals surface area contributed by atoms with Crippen molar-refractivity contribution in [2.45, 2.75) is 63.0 Å². The van der Waals surface area contributed by atoms with Crippen molar-refractivity contribution in [1.82, 2.24) is 0 Å². The van der Waals surface area contributed by atoms with Crippen LogP contribution in [0.15, 0.2) is 0 Å². The molecule has 0 amide bonds. The van der Waals surface area contributed by atoms with E-state index >= 15 is 0 Å². The Bertz CT molecular complexity index is 167. The molecule has 1 saturated heterocycles. The third-order valence-electron chi connectivity index (χ3n) is 4.22. The molecule has 2 rings (SSSR count). The van der Waals surface area contributed by atoms with Crippen molar-refractivity contribution in [3.63, 3.8) is 0 Å². The Labute approximate surface area is 91.0 Å². The lowest BCUT2D eigenvalue weighted by molar-refractivity contribution is -0.0593. The van der Waals surface area contributed by atoms with Crippen molar-refractivity contribution in [1.29, 1.82) is 0 Å². The van der Waals surface area contributed by atoms with E-state index in [-0.39, 0.29) is 0 Å². The molecule has 82 valence electrons. The summed E-state index contributed by atoms with van der Waals surface area (Å²) in [4.78, 5) is 0. The zero-order valence-corrected chi connectivity index (χ0v) is 11.6. The third kappa shape index (κ3) is 2.40. The molecule has 0 N–H and O–H groups in total. The molecule has 0 aromatic heterocycles. The summed E-state index contributed by atoms with van der Waals surface area (Å²) in [6, 6.07) is 0. The Morgan fingerprint density at radius 2 is 1.64 bits per heavy atom. The summed E-state index contributed by atoms with van der Waals surface area (Å²) in [5, 5.41) is 0.378. The first-order valence-electron chi connectivity index (χ1n) is 6.45. The first-order valence-corrected chi connectivity index (χ1v) is 7.45. The van der Waals surface area contributed by atoms with Gasteiger partial charge in [0.2, 0.25) is 0 Å². The fourth-order valence-corrected chi connectivity index (χ4v) is 4.30. The number of hydrogen-bond donors (Lipinski definition) is 0. The number of ether oxygens (including phenoxy) is 1. The molecule has 0 radical (unpaired) electrons. The van der Waals surface area contributed by atoms with Crippen LogP contribution in [0.4, 0.5) is 0 Å². The van der Waals surface area contributed by atoms with Gasteiger partial charge < -0.3 is 4.74 Å². The quantitative estimate of drug-likeness (QED) is 0.478. The Morgan fingerprint density at radius 3 is 2.21 bits per heavy atom. The van der Waals surface area contributed by atoms with Crippen LogP contribution < -0.4 is 0 Å². The topological polar surface area (TPSA) is 9.23 Å². The maximum absolute atomic E-state index is 6.12. The summed E-state index contributed by atoms with van der Waals surface area (Å²) in [5.74, 6) is 0.914. The van der Waals surface area contributed by atoms with Gasteiger partial charge in [-0.2, -0.15) is 0 Å². The van der Waals surface area contributed by atoms with Gasteiger partial charge in [-0.25, -0.2) is 0 Å². The van der Waals surface area contributed by atoms with E-state index in [0.29, 0.717) is 5.22 Å². The minimum atomic E-state index is 0.378. The van der Waals surface area contributed by atoms with Crippen LogP contribution >= 0.6 is 0 Å². The van der Waals surface area contributed by atoms with Gasteiger partial charge in [0.15, 0.2) is 0 Å². The minimum absolute atomic E-state index is 0.378. The summed E-state index contributed by atoms with van der Waals surface area (Å²) in [7, 11) is 1.25. The summed E-state index contributed by atoms with van der Waals surface area (Å²) >= 11 is 0. The number of hydrogen-bond acceptors (Lipinski definition) is 1. The maximum Gasteiger partial charge on any atom is 0.0513 e. The van der Waals surface area contributed by atoms with Crippen LogP contribution in [0.2, 0.25) is 0 Å². The number of rotatable bonds is 1. The van der Waals surface area contributed by atoms with Gasteiger partial charge in [0.05, 0.1) is 5.22 Å². The molecular weight excluding hydrogens is 188 g/mol. The van der Waals surface area contributed by atoms with Crippen LogP contribution in [0, 0.1) is 5.92 Å². The highest BCUT2D eigenvalue weighted by atomic mass is 28.1.